The predicted octanol–water partition coefficient (Wildman–Crippen LogP) is 11.2. The SMILES string of the molecule is CCCCCCCCCCCCCCCC[N+](C)(C)C.CCCCNc1cc(C(=S)S)cc(S([NH-])(=O)=O)c1Oc1ccccc1. The second-order valence-electron chi connectivity index (χ2n) is 13.0. The zero-order valence-electron chi connectivity index (χ0n) is 28.7. The van der Waals surface area contributed by atoms with Crippen molar-refractivity contribution in [3.05, 3.63) is 53.2 Å². The van der Waals surface area contributed by atoms with Gasteiger partial charge >= 0.3 is 0 Å². The Hall–Kier alpha value is -1.65. The minimum atomic E-state index is -4.27. The quantitative estimate of drug-likeness (QED) is 0.0529. The monoisotopic (exact) mass is 679 g/mol. The zero-order chi connectivity index (χ0) is 33.6. The van der Waals surface area contributed by atoms with Crippen LogP contribution in [0, 0.1) is 0 Å². The van der Waals surface area contributed by atoms with E-state index in [0.717, 1.165) is 17.3 Å². The summed E-state index contributed by atoms with van der Waals surface area (Å²) in [7, 11) is 2.61. The number of quaternary nitrogens is 1. The average molecular weight is 680 g/mol. The first kappa shape index (κ1) is 41.4. The topological polar surface area (TPSA) is 79.2 Å². The second-order valence-corrected chi connectivity index (χ2v) is 15.6. The summed E-state index contributed by atoms with van der Waals surface area (Å²) in [6.07, 6.45) is 22.3. The minimum Gasteiger partial charge on any atom is -0.560 e. The summed E-state index contributed by atoms with van der Waals surface area (Å²) in [5.74, 6) is 0.567. The molecule has 0 unspecified atom stereocenters. The third-order valence-corrected chi connectivity index (χ3v) is 8.96. The summed E-state index contributed by atoms with van der Waals surface area (Å²) in [5, 5.41) is 10.7. The summed E-state index contributed by atoms with van der Waals surface area (Å²) in [6, 6.07) is 11.8. The lowest BCUT2D eigenvalue weighted by Gasteiger charge is -2.23. The van der Waals surface area contributed by atoms with Crippen molar-refractivity contribution in [2.45, 2.75) is 121 Å². The number of thiocarbonyl (C=S) groups is 1. The van der Waals surface area contributed by atoms with E-state index in [-0.39, 0.29) is 14.8 Å². The number of unbranched alkanes of at least 4 members (excludes halogenated alkanes) is 14. The van der Waals surface area contributed by atoms with Crippen LogP contribution in [0.25, 0.3) is 5.14 Å². The Labute approximate surface area is 287 Å². The highest BCUT2D eigenvalue weighted by Crippen LogP contribution is 2.38. The number of rotatable bonds is 23. The van der Waals surface area contributed by atoms with E-state index >= 15 is 0 Å². The number of hydrogen-bond donors (Lipinski definition) is 2. The van der Waals surface area contributed by atoms with Crippen molar-refractivity contribution in [2.75, 3.05) is 39.5 Å². The standard InChI is InChI=1S/C19H42N.C17H20N2O3S3/c1-5-6-7-8-9-10-11-12-13-14-15-16-17-18-19-20(2,3)4;1-2-3-9-19-14-10-12(17(23)24)11-15(25(18,20)21)16(14)22-13-7-5-4-6-8-13/h5-19H2,1-4H3;4-8,10-11,19H,2-3,9H2,1H3,(H3,18,20,21,23,24)/q+1;/p-1. The molecule has 0 fully saturated rings. The first-order valence-corrected chi connectivity index (χ1v) is 19.4. The van der Waals surface area contributed by atoms with Gasteiger partial charge in [-0.15, -0.1) is 12.6 Å². The summed E-state index contributed by atoms with van der Waals surface area (Å²) < 4.78 is 31.2. The number of sulfonamides is 1. The van der Waals surface area contributed by atoms with Crippen LogP contribution in [0.4, 0.5) is 5.69 Å². The zero-order valence-corrected chi connectivity index (χ0v) is 31.2. The highest BCUT2D eigenvalue weighted by atomic mass is 32.2. The Morgan fingerprint density at radius 3 is 1.73 bits per heavy atom. The fourth-order valence-corrected chi connectivity index (χ4v) is 5.87. The molecule has 0 heterocycles. The Morgan fingerprint density at radius 2 is 1.29 bits per heavy atom. The summed E-state index contributed by atoms with van der Waals surface area (Å²) >= 11 is 9.18. The van der Waals surface area contributed by atoms with E-state index in [4.69, 9.17) is 22.1 Å². The van der Waals surface area contributed by atoms with Gasteiger partial charge in [-0.2, -0.15) is 0 Å². The maximum absolute atomic E-state index is 12.0. The molecule has 0 aliphatic heterocycles. The lowest BCUT2D eigenvalue weighted by Crippen LogP contribution is -2.35. The molecule has 0 bridgehead atoms. The lowest BCUT2D eigenvalue weighted by molar-refractivity contribution is -0.870. The molecule has 0 saturated heterocycles. The smallest absolute Gasteiger partial charge is 0.167 e. The van der Waals surface area contributed by atoms with Crippen molar-refractivity contribution in [3.63, 3.8) is 0 Å². The lowest BCUT2D eigenvalue weighted by atomic mass is 10.0. The van der Waals surface area contributed by atoms with Crippen molar-refractivity contribution in [3.8, 4) is 11.5 Å². The third-order valence-electron chi connectivity index (χ3n) is 7.58. The molecule has 0 radical (unpaired) electrons. The molecule has 0 aliphatic carbocycles. The van der Waals surface area contributed by atoms with Crippen LogP contribution in [0.3, 0.4) is 0 Å². The Balaban J connectivity index is 0.000000463. The van der Waals surface area contributed by atoms with Gasteiger partial charge in [0.2, 0.25) is 0 Å². The van der Waals surface area contributed by atoms with Gasteiger partial charge < -0.3 is 19.7 Å². The van der Waals surface area contributed by atoms with Gasteiger partial charge in [0.1, 0.15) is 15.8 Å². The van der Waals surface area contributed by atoms with Gasteiger partial charge in [-0.3, -0.25) is 0 Å². The van der Waals surface area contributed by atoms with Gasteiger partial charge in [-0.25, -0.2) is 8.42 Å². The maximum atomic E-state index is 12.0. The van der Waals surface area contributed by atoms with Crippen LogP contribution in [-0.4, -0.2) is 51.3 Å². The van der Waals surface area contributed by atoms with Gasteiger partial charge in [-0.1, -0.05) is 128 Å². The Kier molecular flexibility index (Phi) is 21.7. The fraction of sp³-hybridized carbons (Fsp3) is 0.639. The van der Waals surface area contributed by atoms with Crippen LogP contribution in [-0.2, 0) is 10.0 Å². The number of thiol groups is 1. The van der Waals surface area contributed by atoms with Crippen LogP contribution >= 0.6 is 24.8 Å². The van der Waals surface area contributed by atoms with Crippen molar-refractivity contribution in [1.82, 2.24) is 0 Å². The number of hydrogen-bond acceptors (Lipinski definition) is 5. The molecule has 2 rings (SSSR count). The van der Waals surface area contributed by atoms with Crippen LogP contribution in [0.5, 0.6) is 11.5 Å². The van der Waals surface area contributed by atoms with E-state index in [1.165, 1.54) is 103 Å². The molecular formula is C36H61N3O3S3. The van der Waals surface area contributed by atoms with Gasteiger partial charge in [0.05, 0.1) is 42.5 Å². The first-order valence-electron chi connectivity index (χ1n) is 17.1. The van der Waals surface area contributed by atoms with E-state index in [9.17, 15) is 8.42 Å². The summed E-state index contributed by atoms with van der Waals surface area (Å²) in [5.41, 5.74) is 0.917. The van der Waals surface area contributed by atoms with Crippen LogP contribution in [0.15, 0.2) is 47.4 Å². The molecule has 9 heteroatoms. The van der Waals surface area contributed by atoms with Gasteiger partial charge in [0, 0.05) is 12.1 Å². The third kappa shape index (κ3) is 20.3. The predicted molar refractivity (Wildman–Crippen MR) is 202 cm³/mol. The van der Waals surface area contributed by atoms with Crippen LogP contribution in [0.2, 0.25) is 0 Å². The van der Waals surface area contributed by atoms with Gasteiger partial charge in [-0.05, 0) is 43.5 Å². The average Bonchev–Trinajstić information content (AvgIpc) is 2.97. The number of nitrogens with one attached hydrogen (secondary N) is 2. The maximum Gasteiger partial charge on any atom is 0.167 e. The highest BCUT2D eigenvalue weighted by Gasteiger charge is 2.19. The molecular weight excluding hydrogens is 619 g/mol. The number of ether oxygens (including phenoxy) is 1. The molecule has 2 aromatic rings. The number of nitrogens with zero attached hydrogens (tertiary/aromatic N) is 1. The Bertz CT molecular complexity index is 1180. The minimum absolute atomic E-state index is 0.0886. The fourth-order valence-electron chi connectivity index (χ4n) is 4.95. The van der Waals surface area contributed by atoms with Crippen LogP contribution < -0.4 is 10.1 Å². The second kappa shape index (κ2) is 23.6. The van der Waals surface area contributed by atoms with Crippen molar-refractivity contribution in [2.24, 2.45) is 0 Å². The first-order chi connectivity index (χ1) is 21.4. The van der Waals surface area contributed by atoms with E-state index < -0.39 is 10.0 Å². The van der Waals surface area contributed by atoms with Crippen LogP contribution in [0.1, 0.15) is 122 Å². The molecule has 0 saturated carbocycles. The summed E-state index contributed by atoms with van der Waals surface area (Å²) in [6.45, 7) is 6.32. The molecule has 0 spiro atoms. The normalized spacial score (nSPS) is 11.5. The van der Waals surface area contributed by atoms with E-state index in [1.807, 2.05) is 6.07 Å². The number of benzene rings is 2. The number of anilines is 1. The van der Waals surface area contributed by atoms with Crippen molar-refractivity contribution in [1.29, 1.82) is 0 Å². The molecule has 256 valence electrons. The van der Waals surface area contributed by atoms with E-state index in [0.29, 0.717) is 23.5 Å². The van der Waals surface area contributed by atoms with E-state index in [2.05, 4.69) is 52.9 Å². The molecule has 6 nitrogen and oxygen atoms in total. The molecule has 2 N–H and O–H groups in total. The molecule has 0 amide bonds. The highest BCUT2D eigenvalue weighted by molar-refractivity contribution is 8.11. The molecule has 0 atom stereocenters. The van der Waals surface area contributed by atoms with Crippen molar-refractivity contribution >= 4 is 44.8 Å². The molecule has 0 aliphatic rings. The molecule has 2 aromatic carbocycles. The molecule has 45 heavy (non-hydrogen) atoms. The number of para-hydroxylation sites is 1. The Morgan fingerprint density at radius 1 is 0.800 bits per heavy atom. The largest absolute Gasteiger partial charge is 0.560 e. The van der Waals surface area contributed by atoms with Gasteiger partial charge in [0.25, 0.3) is 0 Å². The van der Waals surface area contributed by atoms with Crippen molar-refractivity contribution < 1.29 is 17.6 Å². The molecule has 0 aromatic heterocycles. The summed E-state index contributed by atoms with van der Waals surface area (Å²) in [4.78, 5) is -0.246. The van der Waals surface area contributed by atoms with E-state index in [1.54, 1.807) is 30.3 Å². The van der Waals surface area contributed by atoms with Gasteiger partial charge in [0.15, 0.2) is 5.75 Å².